The van der Waals surface area contributed by atoms with Crippen LogP contribution in [0.25, 0.3) is 0 Å². The number of carbonyl (C=O) groups excluding carboxylic acids is 3. The second-order valence-electron chi connectivity index (χ2n) is 7.04. The molecule has 2 aliphatic heterocycles. The van der Waals surface area contributed by atoms with E-state index >= 15 is 4.39 Å². The zero-order chi connectivity index (χ0) is 22.8. The van der Waals surface area contributed by atoms with Gasteiger partial charge in [0.2, 0.25) is 5.88 Å². The van der Waals surface area contributed by atoms with Gasteiger partial charge in [0.05, 0.1) is 18.8 Å². The molecule has 0 atom stereocenters. The topological polar surface area (TPSA) is 131 Å². The molecule has 2 N–H and O–H groups in total. The Morgan fingerprint density at radius 2 is 2.03 bits per heavy atom. The number of nitrogens with two attached hydrogens (primary N) is 1. The van der Waals surface area contributed by atoms with E-state index in [0.29, 0.717) is 0 Å². The average Bonchev–Trinajstić information content (AvgIpc) is 3.00. The van der Waals surface area contributed by atoms with Crippen LogP contribution in [0.3, 0.4) is 0 Å². The highest BCUT2D eigenvalue weighted by molar-refractivity contribution is 6.10. The van der Waals surface area contributed by atoms with Gasteiger partial charge in [-0.15, -0.1) is 0 Å². The van der Waals surface area contributed by atoms with Gasteiger partial charge < -0.3 is 25.0 Å². The van der Waals surface area contributed by atoms with E-state index in [-0.39, 0.29) is 68.0 Å². The monoisotopic (exact) mass is 444 g/mol. The first-order valence-corrected chi connectivity index (χ1v) is 9.97. The third kappa shape index (κ3) is 3.86. The maximum Gasteiger partial charge on any atom is 0.325 e. The lowest BCUT2D eigenvalue weighted by Gasteiger charge is -2.23. The molecule has 1 saturated heterocycles. The third-order valence-corrected chi connectivity index (χ3v) is 5.11. The lowest BCUT2D eigenvalue weighted by atomic mass is 10.2. The number of nitrogens with zero attached hydrogens (tertiary/aromatic N) is 5. The van der Waals surface area contributed by atoms with Gasteiger partial charge in [-0.25, -0.2) is 19.2 Å². The van der Waals surface area contributed by atoms with Crippen LogP contribution in [0.1, 0.15) is 17.3 Å². The quantitative estimate of drug-likeness (QED) is 0.677. The van der Waals surface area contributed by atoms with Gasteiger partial charge in [-0.1, -0.05) is 0 Å². The molecule has 0 radical (unpaired) electrons. The van der Waals surface area contributed by atoms with Gasteiger partial charge in [-0.05, 0) is 25.1 Å². The van der Waals surface area contributed by atoms with Crippen molar-refractivity contribution in [3.05, 3.63) is 35.9 Å². The molecule has 32 heavy (non-hydrogen) atoms. The molecule has 0 saturated carbocycles. The summed E-state index contributed by atoms with van der Waals surface area (Å²) in [5.41, 5.74) is 6.16. The maximum atomic E-state index is 15.0. The van der Waals surface area contributed by atoms with Crippen molar-refractivity contribution in [3.63, 3.8) is 0 Å². The van der Waals surface area contributed by atoms with Crippen LogP contribution in [0.15, 0.2) is 24.5 Å². The summed E-state index contributed by atoms with van der Waals surface area (Å²) in [4.78, 5) is 48.9. The highest BCUT2D eigenvalue weighted by Gasteiger charge is 2.34. The number of aromatic nitrogens is 2. The summed E-state index contributed by atoms with van der Waals surface area (Å²) in [6.45, 7) is 2.43. The summed E-state index contributed by atoms with van der Waals surface area (Å²) in [6.07, 6.45) is 1.20. The molecule has 11 nitrogen and oxygen atoms in total. The van der Waals surface area contributed by atoms with E-state index in [1.807, 2.05) is 0 Å². The molecule has 0 aliphatic carbocycles. The molecule has 12 heteroatoms. The lowest BCUT2D eigenvalue weighted by molar-refractivity contribution is -0.143. The second-order valence-corrected chi connectivity index (χ2v) is 7.04. The van der Waals surface area contributed by atoms with Crippen LogP contribution in [0.4, 0.5) is 26.4 Å². The molecule has 1 fully saturated rings. The van der Waals surface area contributed by atoms with E-state index in [2.05, 4.69) is 9.97 Å². The van der Waals surface area contributed by atoms with Gasteiger partial charge in [0.25, 0.3) is 5.91 Å². The highest BCUT2D eigenvalue weighted by Crippen LogP contribution is 2.31. The summed E-state index contributed by atoms with van der Waals surface area (Å²) in [5.74, 6) is -1.69. The number of benzene rings is 1. The predicted octanol–water partition coefficient (Wildman–Crippen LogP) is 1.04. The summed E-state index contributed by atoms with van der Waals surface area (Å²) >= 11 is 0. The summed E-state index contributed by atoms with van der Waals surface area (Å²) in [5, 5.41) is 0. The molecule has 1 aromatic heterocycles. The number of urea groups is 1. The number of carbonyl (C=O) groups is 3. The minimum absolute atomic E-state index is 0.0128. The van der Waals surface area contributed by atoms with Crippen LogP contribution in [0, 0.1) is 5.82 Å². The number of ether oxygens (including phenoxy) is 2. The molecule has 2 aromatic rings. The molecule has 2 aliphatic rings. The summed E-state index contributed by atoms with van der Waals surface area (Å²) in [6, 6.07) is 3.62. The van der Waals surface area contributed by atoms with E-state index in [1.165, 1.54) is 39.2 Å². The number of esters is 1. The Kier molecular flexibility index (Phi) is 5.75. The molecule has 0 unspecified atom stereocenters. The summed E-state index contributed by atoms with van der Waals surface area (Å²) < 4.78 is 25.4. The number of rotatable bonds is 5. The van der Waals surface area contributed by atoms with Crippen LogP contribution < -0.4 is 20.3 Å². The Morgan fingerprint density at radius 1 is 1.22 bits per heavy atom. The van der Waals surface area contributed by atoms with Crippen molar-refractivity contribution in [1.29, 1.82) is 0 Å². The number of nitrogen functional groups attached to an aromatic ring is 1. The molecule has 0 spiro atoms. The minimum Gasteiger partial charge on any atom is -0.475 e. The largest absolute Gasteiger partial charge is 0.475 e. The molecule has 3 amide bonds. The van der Waals surface area contributed by atoms with Crippen molar-refractivity contribution in [3.8, 4) is 5.88 Å². The first kappa shape index (κ1) is 21.3. The molecular weight excluding hydrogens is 423 g/mol. The van der Waals surface area contributed by atoms with E-state index in [9.17, 15) is 14.4 Å². The highest BCUT2D eigenvalue weighted by atomic mass is 19.1. The predicted molar refractivity (Wildman–Crippen MR) is 111 cm³/mol. The normalized spacial score (nSPS) is 16.0. The number of fused-ring (bicyclic) bond motifs is 1. The number of hydrogen-bond acceptors (Lipinski definition) is 8. The number of anilines is 3. The van der Waals surface area contributed by atoms with Crippen molar-refractivity contribution in [1.82, 2.24) is 14.9 Å². The average molecular weight is 444 g/mol. The minimum atomic E-state index is -0.690. The van der Waals surface area contributed by atoms with Crippen LogP contribution in [0.2, 0.25) is 0 Å². The molecule has 1 aromatic carbocycles. The Balaban J connectivity index is 1.55. The number of halogens is 1. The van der Waals surface area contributed by atoms with Crippen LogP contribution in [0.5, 0.6) is 5.88 Å². The van der Waals surface area contributed by atoms with Crippen LogP contribution in [-0.4, -0.2) is 72.2 Å². The van der Waals surface area contributed by atoms with Gasteiger partial charge in [-0.3, -0.25) is 14.5 Å². The van der Waals surface area contributed by atoms with Gasteiger partial charge in [0.15, 0.2) is 0 Å². The van der Waals surface area contributed by atoms with E-state index in [4.69, 9.17) is 15.2 Å². The fourth-order valence-corrected chi connectivity index (χ4v) is 3.61. The number of hydrogen-bond donors (Lipinski definition) is 1. The van der Waals surface area contributed by atoms with Gasteiger partial charge in [-0.2, -0.15) is 0 Å². The van der Waals surface area contributed by atoms with Crippen molar-refractivity contribution in [2.24, 2.45) is 0 Å². The first-order valence-electron chi connectivity index (χ1n) is 9.97. The second kappa shape index (κ2) is 8.65. The van der Waals surface area contributed by atoms with Crippen molar-refractivity contribution < 1.29 is 28.2 Å². The van der Waals surface area contributed by atoms with Gasteiger partial charge in [0.1, 0.15) is 36.7 Å². The Labute approximate surface area is 182 Å². The molecule has 168 valence electrons. The van der Waals surface area contributed by atoms with Gasteiger partial charge in [0, 0.05) is 18.8 Å². The maximum absolute atomic E-state index is 15.0. The molecule has 3 heterocycles. The molecular formula is C20H21FN6O5. The van der Waals surface area contributed by atoms with Crippen LogP contribution in [-0.2, 0) is 9.53 Å². The van der Waals surface area contributed by atoms with Crippen molar-refractivity contribution in [2.45, 2.75) is 6.92 Å². The van der Waals surface area contributed by atoms with Crippen LogP contribution >= 0.6 is 0 Å². The molecule has 0 bridgehead atoms. The molecule has 4 rings (SSSR count). The van der Waals surface area contributed by atoms with E-state index < -0.39 is 23.7 Å². The zero-order valence-electron chi connectivity index (χ0n) is 17.3. The fourth-order valence-electron chi connectivity index (χ4n) is 3.61. The van der Waals surface area contributed by atoms with Crippen molar-refractivity contribution >= 4 is 35.1 Å². The van der Waals surface area contributed by atoms with Gasteiger partial charge >= 0.3 is 12.0 Å². The lowest BCUT2D eigenvalue weighted by Crippen LogP contribution is -2.36. The fraction of sp³-hybridized carbons (Fsp3) is 0.350. The smallest absolute Gasteiger partial charge is 0.325 e. The first-order chi connectivity index (χ1) is 15.4. The SMILES string of the molecule is CCOC(=O)CN1CCN(c2ccc(N3CCOc4ncnc(N)c4C3=O)cc2F)C1=O. The zero-order valence-corrected chi connectivity index (χ0v) is 17.3. The standard InChI is InChI=1S/C20H21FN6O5/c1-2-31-15(28)10-25-5-6-27(20(25)30)14-4-3-12(9-13(14)21)26-7-8-32-18-16(19(26)29)17(22)23-11-24-18/h3-4,9,11H,2,5-8,10H2,1H3,(H2,22,23,24). The van der Waals surface area contributed by atoms with Crippen molar-refractivity contribution in [2.75, 3.05) is 54.9 Å². The Hall–Kier alpha value is -3.96. The Bertz CT molecular complexity index is 1080. The van der Waals surface area contributed by atoms with E-state index in [0.717, 1.165) is 0 Å². The van der Waals surface area contributed by atoms with E-state index in [1.54, 1.807) is 6.92 Å². The summed E-state index contributed by atoms with van der Waals surface area (Å²) in [7, 11) is 0. The third-order valence-electron chi connectivity index (χ3n) is 5.11. The number of amides is 3. The Morgan fingerprint density at radius 3 is 2.78 bits per heavy atom.